The molecule has 5 heterocycles. The molecule has 3 amide bonds. The molecule has 0 bridgehead atoms. The second-order valence-corrected chi connectivity index (χ2v) is 11.4. The molecule has 4 fully saturated rings. The summed E-state index contributed by atoms with van der Waals surface area (Å²) in [6.45, 7) is 6.99. The number of nitrogens with two attached hydrogens (primary N) is 1. The number of hydrogen-bond acceptors (Lipinski definition) is 8. The Labute approximate surface area is 221 Å². The number of carbonyl (C=O) groups is 3. The zero-order valence-corrected chi connectivity index (χ0v) is 21.6. The van der Waals surface area contributed by atoms with E-state index < -0.39 is 11.5 Å². The van der Waals surface area contributed by atoms with Gasteiger partial charge in [-0.1, -0.05) is 6.07 Å². The number of anilines is 4. The zero-order valence-electron chi connectivity index (χ0n) is 21.6. The summed E-state index contributed by atoms with van der Waals surface area (Å²) in [5, 5.41) is 2.43. The third kappa shape index (κ3) is 3.49. The molecule has 38 heavy (non-hydrogen) atoms. The van der Waals surface area contributed by atoms with E-state index >= 15 is 0 Å². The van der Waals surface area contributed by atoms with Crippen molar-refractivity contribution in [3.8, 4) is 0 Å². The SMILES string of the molecule is C[C@H]1CN(c2cccc3c2C2(CC2)C(=O)N3C2CCC(=O)NC2=O)CCN1C1CN(c2ccc(N)nc2)C1. The molecule has 1 saturated carbocycles. The Balaban J connectivity index is 1.09. The Bertz CT molecular complexity index is 1320. The van der Waals surface area contributed by atoms with E-state index in [-0.39, 0.29) is 24.1 Å². The van der Waals surface area contributed by atoms with Crippen LogP contribution in [0.3, 0.4) is 0 Å². The summed E-state index contributed by atoms with van der Waals surface area (Å²) in [5.41, 5.74) is 9.38. The van der Waals surface area contributed by atoms with Crippen molar-refractivity contribution in [1.29, 1.82) is 0 Å². The second kappa shape index (κ2) is 8.42. The van der Waals surface area contributed by atoms with Crippen LogP contribution in [0, 0.1) is 0 Å². The van der Waals surface area contributed by atoms with Crippen LogP contribution in [0.4, 0.5) is 22.9 Å². The molecule has 10 heteroatoms. The molecule has 0 radical (unpaired) electrons. The van der Waals surface area contributed by atoms with Gasteiger partial charge in [0, 0.05) is 62.5 Å². The van der Waals surface area contributed by atoms with Gasteiger partial charge < -0.3 is 15.5 Å². The minimum atomic E-state index is -0.622. The summed E-state index contributed by atoms with van der Waals surface area (Å²) < 4.78 is 0. The number of amides is 3. The van der Waals surface area contributed by atoms with E-state index in [0.29, 0.717) is 24.3 Å². The second-order valence-electron chi connectivity index (χ2n) is 11.4. The smallest absolute Gasteiger partial charge is 0.249 e. The fraction of sp³-hybridized carbons (Fsp3) is 0.500. The highest BCUT2D eigenvalue weighted by Gasteiger charge is 2.62. The molecule has 198 valence electrons. The summed E-state index contributed by atoms with van der Waals surface area (Å²) in [6.07, 6.45) is 4.10. The number of hydrogen-bond donors (Lipinski definition) is 2. The van der Waals surface area contributed by atoms with Crippen LogP contribution >= 0.6 is 0 Å². The van der Waals surface area contributed by atoms with Gasteiger partial charge in [-0.2, -0.15) is 0 Å². The number of aromatic nitrogens is 1. The lowest BCUT2D eigenvalue weighted by atomic mass is 9.94. The summed E-state index contributed by atoms with van der Waals surface area (Å²) >= 11 is 0. The van der Waals surface area contributed by atoms with Crippen LogP contribution in [0.5, 0.6) is 0 Å². The first-order valence-corrected chi connectivity index (χ1v) is 13.6. The van der Waals surface area contributed by atoms with E-state index in [4.69, 9.17) is 5.73 Å². The van der Waals surface area contributed by atoms with Gasteiger partial charge >= 0.3 is 0 Å². The summed E-state index contributed by atoms with van der Waals surface area (Å²) in [4.78, 5) is 51.5. The van der Waals surface area contributed by atoms with Crippen LogP contribution < -0.4 is 25.8 Å². The molecule has 3 saturated heterocycles. The lowest BCUT2D eigenvalue weighted by Gasteiger charge is -2.52. The molecule has 4 aliphatic heterocycles. The van der Waals surface area contributed by atoms with E-state index in [1.807, 2.05) is 30.5 Å². The van der Waals surface area contributed by atoms with E-state index in [9.17, 15) is 14.4 Å². The van der Waals surface area contributed by atoms with Crippen LogP contribution in [0.2, 0.25) is 0 Å². The molecule has 3 N–H and O–H groups in total. The van der Waals surface area contributed by atoms with E-state index in [1.54, 1.807) is 4.90 Å². The van der Waals surface area contributed by atoms with Gasteiger partial charge in [0.1, 0.15) is 11.9 Å². The third-order valence-electron chi connectivity index (χ3n) is 9.15. The lowest BCUT2D eigenvalue weighted by molar-refractivity contribution is -0.135. The lowest BCUT2D eigenvalue weighted by Crippen LogP contribution is -2.66. The van der Waals surface area contributed by atoms with E-state index in [1.165, 1.54) is 0 Å². The van der Waals surface area contributed by atoms with E-state index in [0.717, 1.165) is 68.2 Å². The molecule has 10 nitrogen and oxygen atoms in total. The number of fused-ring (bicyclic) bond motifs is 2. The third-order valence-corrected chi connectivity index (χ3v) is 9.15. The highest BCUT2D eigenvalue weighted by atomic mass is 16.2. The van der Waals surface area contributed by atoms with Crippen LogP contribution in [0.1, 0.15) is 38.2 Å². The maximum atomic E-state index is 13.7. The Hall–Kier alpha value is -3.66. The number of benzene rings is 1. The Morgan fingerprint density at radius 1 is 1.00 bits per heavy atom. The molecule has 1 aromatic heterocycles. The molecule has 1 aromatic carbocycles. The topological polar surface area (TPSA) is 115 Å². The number of piperidine rings is 1. The number of pyridine rings is 1. The molecule has 1 unspecified atom stereocenters. The molecule has 2 aromatic rings. The number of carbonyl (C=O) groups excluding carboxylic acids is 3. The van der Waals surface area contributed by atoms with Crippen LogP contribution in [0.25, 0.3) is 0 Å². The number of imide groups is 1. The number of nitrogens with zero attached hydrogens (tertiary/aromatic N) is 5. The van der Waals surface area contributed by atoms with Crippen molar-refractivity contribution in [3.63, 3.8) is 0 Å². The minimum absolute atomic E-state index is 0.0212. The Kier molecular flexibility index (Phi) is 5.20. The van der Waals surface area contributed by atoms with Crippen molar-refractivity contribution in [2.24, 2.45) is 0 Å². The molecular weight excluding hydrogens is 482 g/mol. The van der Waals surface area contributed by atoms with Gasteiger partial charge in [-0.3, -0.25) is 29.5 Å². The van der Waals surface area contributed by atoms with Gasteiger partial charge in [0.05, 0.1) is 23.0 Å². The van der Waals surface area contributed by atoms with Crippen molar-refractivity contribution >= 4 is 40.6 Å². The first-order valence-electron chi connectivity index (χ1n) is 13.6. The van der Waals surface area contributed by atoms with Crippen molar-refractivity contribution < 1.29 is 14.4 Å². The minimum Gasteiger partial charge on any atom is -0.384 e. The predicted octanol–water partition coefficient (Wildman–Crippen LogP) is 1.25. The quantitative estimate of drug-likeness (QED) is 0.585. The van der Waals surface area contributed by atoms with E-state index in [2.05, 4.69) is 38.0 Å². The average molecular weight is 516 g/mol. The first kappa shape index (κ1) is 23.5. The summed E-state index contributed by atoms with van der Waals surface area (Å²) in [6, 6.07) is 10.3. The fourth-order valence-electron chi connectivity index (χ4n) is 6.95. The normalized spacial score (nSPS) is 27.0. The van der Waals surface area contributed by atoms with Crippen molar-refractivity contribution in [1.82, 2.24) is 15.2 Å². The monoisotopic (exact) mass is 515 g/mol. The molecule has 7 rings (SSSR count). The van der Waals surface area contributed by atoms with Gasteiger partial charge in [0.2, 0.25) is 17.7 Å². The summed E-state index contributed by atoms with van der Waals surface area (Å²) in [5.74, 6) is -0.0690. The Morgan fingerprint density at radius 2 is 1.79 bits per heavy atom. The molecule has 1 aliphatic carbocycles. The van der Waals surface area contributed by atoms with Crippen LogP contribution in [0.15, 0.2) is 36.5 Å². The highest BCUT2D eigenvalue weighted by molar-refractivity contribution is 6.16. The number of rotatable bonds is 4. The van der Waals surface area contributed by atoms with Gasteiger partial charge in [-0.05, 0) is 50.5 Å². The van der Waals surface area contributed by atoms with Gasteiger partial charge in [0.25, 0.3) is 0 Å². The largest absolute Gasteiger partial charge is 0.384 e. The maximum absolute atomic E-state index is 13.7. The first-order chi connectivity index (χ1) is 18.4. The average Bonchev–Trinajstić information content (AvgIpc) is 3.64. The van der Waals surface area contributed by atoms with Gasteiger partial charge in [-0.15, -0.1) is 0 Å². The number of piperazine rings is 1. The van der Waals surface area contributed by atoms with Crippen LogP contribution in [-0.4, -0.2) is 78.5 Å². The highest BCUT2D eigenvalue weighted by Crippen LogP contribution is 2.61. The predicted molar refractivity (Wildman–Crippen MR) is 144 cm³/mol. The molecular formula is C28H33N7O3. The molecule has 2 atom stereocenters. The zero-order chi connectivity index (χ0) is 26.2. The number of nitrogens with one attached hydrogen (secondary N) is 1. The van der Waals surface area contributed by atoms with Crippen molar-refractivity contribution in [2.75, 3.05) is 53.2 Å². The molecule has 5 aliphatic rings. The Morgan fingerprint density at radius 3 is 2.47 bits per heavy atom. The fourth-order valence-corrected chi connectivity index (χ4v) is 6.95. The van der Waals surface area contributed by atoms with Crippen LogP contribution in [-0.2, 0) is 19.8 Å². The molecule has 1 spiro atoms. The van der Waals surface area contributed by atoms with Gasteiger partial charge in [0.15, 0.2) is 0 Å². The van der Waals surface area contributed by atoms with Gasteiger partial charge in [-0.25, -0.2) is 4.98 Å². The van der Waals surface area contributed by atoms with Crippen molar-refractivity contribution in [3.05, 3.63) is 42.1 Å². The summed E-state index contributed by atoms with van der Waals surface area (Å²) in [7, 11) is 0. The number of nitrogen functional groups attached to an aromatic ring is 1. The maximum Gasteiger partial charge on any atom is 0.249 e. The standard InChI is InChI=1S/C28H33N7O3/c1-17-14-32(11-12-34(17)19-15-33(16-19)18-5-7-23(29)30-13-18)20-3-2-4-21-25(20)28(9-10-28)27(38)35(21)22-6-8-24(36)31-26(22)37/h2-5,7,13,17,19,22H,6,8-12,14-16H2,1H3,(H2,29,30)(H,31,36,37)/t17-,22?/m0/s1. The van der Waals surface area contributed by atoms with Crippen molar-refractivity contribution in [2.45, 2.75) is 56.1 Å².